The monoisotopic (exact) mass is 315 g/mol. The molecule has 2 unspecified atom stereocenters. The van der Waals surface area contributed by atoms with E-state index in [0.29, 0.717) is 12.3 Å². The number of aromatic nitrogens is 1. The number of benzene rings is 1. The average Bonchev–Trinajstić information content (AvgIpc) is 3.22. The number of amides is 1. The Morgan fingerprint density at radius 3 is 3.04 bits per heavy atom. The molecule has 3 rings (SSSR count). The molecule has 3 N–H and O–H groups in total. The van der Waals surface area contributed by atoms with E-state index in [4.69, 9.17) is 15.0 Å². The first-order valence-electron chi connectivity index (χ1n) is 7.79. The molecule has 1 aliphatic carbocycles. The number of methoxy groups -OCH3 is 1. The molecule has 0 spiro atoms. The number of nitrogens with one attached hydrogen (secondary N) is 1. The van der Waals surface area contributed by atoms with Crippen LogP contribution in [-0.4, -0.2) is 24.2 Å². The highest BCUT2D eigenvalue weighted by Crippen LogP contribution is 2.25. The standard InChI is InChI=1S/C17H21N3O3/c1-22-14-4-2-3-11(8-14)16-9-15(23-20-16)10-19-17(21)12-5-6-13(18)7-12/h2-4,8-9,12-13H,5-7,10,18H2,1H3,(H,19,21). The van der Waals surface area contributed by atoms with Crippen LogP contribution in [0.3, 0.4) is 0 Å². The molecular formula is C17H21N3O3. The quantitative estimate of drug-likeness (QED) is 0.881. The van der Waals surface area contributed by atoms with Crippen molar-refractivity contribution in [2.24, 2.45) is 11.7 Å². The molecule has 1 fully saturated rings. The summed E-state index contributed by atoms with van der Waals surface area (Å²) in [5.74, 6) is 1.44. The van der Waals surface area contributed by atoms with Crippen LogP contribution in [0.15, 0.2) is 34.9 Å². The van der Waals surface area contributed by atoms with Gasteiger partial charge in [-0.05, 0) is 31.4 Å². The van der Waals surface area contributed by atoms with Crippen LogP contribution in [0.4, 0.5) is 0 Å². The van der Waals surface area contributed by atoms with E-state index in [1.54, 1.807) is 7.11 Å². The normalized spacial score (nSPS) is 20.4. The van der Waals surface area contributed by atoms with E-state index in [1.165, 1.54) is 0 Å². The highest BCUT2D eigenvalue weighted by atomic mass is 16.5. The van der Waals surface area contributed by atoms with Gasteiger partial charge in [0.25, 0.3) is 0 Å². The summed E-state index contributed by atoms with van der Waals surface area (Å²) in [6, 6.07) is 9.57. The molecule has 1 saturated carbocycles. The second-order valence-electron chi connectivity index (χ2n) is 5.90. The highest BCUT2D eigenvalue weighted by Gasteiger charge is 2.27. The second-order valence-corrected chi connectivity index (χ2v) is 5.90. The molecule has 0 bridgehead atoms. The molecule has 1 aromatic carbocycles. The molecular weight excluding hydrogens is 294 g/mol. The van der Waals surface area contributed by atoms with Crippen molar-refractivity contribution in [3.63, 3.8) is 0 Å². The van der Waals surface area contributed by atoms with Crippen LogP contribution in [0.25, 0.3) is 11.3 Å². The highest BCUT2D eigenvalue weighted by molar-refractivity contribution is 5.79. The largest absolute Gasteiger partial charge is 0.497 e. The predicted octanol–water partition coefficient (Wildman–Crippen LogP) is 2.09. The van der Waals surface area contributed by atoms with Crippen LogP contribution >= 0.6 is 0 Å². The number of ether oxygens (including phenoxy) is 1. The lowest BCUT2D eigenvalue weighted by Crippen LogP contribution is -2.29. The molecule has 1 aliphatic rings. The Hall–Kier alpha value is -2.34. The topological polar surface area (TPSA) is 90.4 Å². The molecule has 6 nitrogen and oxygen atoms in total. The van der Waals surface area contributed by atoms with E-state index >= 15 is 0 Å². The van der Waals surface area contributed by atoms with Gasteiger partial charge in [-0.2, -0.15) is 0 Å². The Bertz CT molecular complexity index is 683. The minimum Gasteiger partial charge on any atom is -0.497 e. The predicted molar refractivity (Wildman–Crippen MR) is 85.7 cm³/mol. The molecule has 1 aromatic heterocycles. The van der Waals surface area contributed by atoms with E-state index in [9.17, 15) is 4.79 Å². The summed E-state index contributed by atoms with van der Waals surface area (Å²) in [6.45, 7) is 0.335. The molecule has 1 heterocycles. The SMILES string of the molecule is COc1cccc(-c2cc(CNC(=O)C3CCC(N)C3)on2)c1. The Morgan fingerprint density at radius 2 is 2.30 bits per heavy atom. The van der Waals surface area contributed by atoms with Crippen LogP contribution in [0, 0.1) is 5.92 Å². The Balaban J connectivity index is 1.60. The number of hydrogen-bond donors (Lipinski definition) is 2. The van der Waals surface area contributed by atoms with Crippen LogP contribution in [0.1, 0.15) is 25.0 Å². The van der Waals surface area contributed by atoms with Crippen LogP contribution in [0.2, 0.25) is 0 Å². The third-order valence-electron chi connectivity index (χ3n) is 4.21. The molecule has 0 saturated heterocycles. The lowest BCUT2D eigenvalue weighted by atomic mass is 10.1. The molecule has 2 aromatic rings. The van der Waals surface area contributed by atoms with Gasteiger partial charge in [0, 0.05) is 23.6 Å². The summed E-state index contributed by atoms with van der Waals surface area (Å²) >= 11 is 0. The van der Waals surface area contributed by atoms with Gasteiger partial charge in [0.1, 0.15) is 11.4 Å². The average molecular weight is 315 g/mol. The Morgan fingerprint density at radius 1 is 1.43 bits per heavy atom. The third kappa shape index (κ3) is 3.71. The fourth-order valence-corrected chi connectivity index (χ4v) is 2.89. The number of rotatable bonds is 5. The minimum atomic E-state index is 0.0192. The fraction of sp³-hybridized carbons (Fsp3) is 0.412. The first-order valence-corrected chi connectivity index (χ1v) is 7.79. The van der Waals surface area contributed by atoms with Crippen LogP contribution in [0.5, 0.6) is 5.75 Å². The van der Waals surface area contributed by atoms with Gasteiger partial charge < -0.3 is 20.3 Å². The third-order valence-corrected chi connectivity index (χ3v) is 4.21. The van der Waals surface area contributed by atoms with Gasteiger partial charge in [0.2, 0.25) is 5.91 Å². The van der Waals surface area contributed by atoms with Crippen molar-refractivity contribution in [1.82, 2.24) is 10.5 Å². The summed E-state index contributed by atoms with van der Waals surface area (Å²) < 4.78 is 10.5. The van der Waals surface area contributed by atoms with Crippen LogP contribution in [-0.2, 0) is 11.3 Å². The first-order chi connectivity index (χ1) is 11.2. The molecule has 0 aliphatic heterocycles. The molecule has 122 valence electrons. The summed E-state index contributed by atoms with van der Waals surface area (Å²) in [6.07, 6.45) is 2.54. The van der Waals surface area contributed by atoms with Crippen molar-refractivity contribution < 1.29 is 14.1 Å². The number of hydrogen-bond acceptors (Lipinski definition) is 5. The molecule has 23 heavy (non-hydrogen) atoms. The van der Waals surface area contributed by atoms with Crippen molar-refractivity contribution in [3.8, 4) is 17.0 Å². The van der Waals surface area contributed by atoms with Gasteiger partial charge in [0.05, 0.1) is 13.7 Å². The number of carbonyl (C=O) groups excluding carboxylic acids is 1. The first kappa shape index (κ1) is 15.6. The summed E-state index contributed by atoms with van der Waals surface area (Å²) in [5, 5.41) is 6.94. The molecule has 1 amide bonds. The molecule has 6 heteroatoms. The van der Waals surface area contributed by atoms with E-state index in [0.717, 1.165) is 36.3 Å². The van der Waals surface area contributed by atoms with Gasteiger partial charge in [0.15, 0.2) is 5.76 Å². The summed E-state index contributed by atoms with van der Waals surface area (Å²) in [7, 11) is 1.62. The molecule has 0 radical (unpaired) electrons. The number of carbonyl (C=O) groups is 1. The number of nitrogens with zero attached hydrogens (tertiary/aromatic N) is 1. The van der Waals surface area contributed by atoms with E-state index < -0.39 is 0 Å². The Kier molecular flexibility index (Phi) is 4.62. The molecule has 2 atom stereocenters. The zero-order chi connectivity index (χ0) is 16.2. The van der Waals surface area contributed by atoms with Gasteiger partial charge in [-0.3, -0.25) is 4.79 Å². The van der Waals surface area contributed by atoms with Crippen molar-refractivity contribution in [2.45, 2.75) is 31.8 Å². The summed E-state index contributed by atoms with van der Waals surface area (Å²) in [4.78, 5) is 12.1. The zero-order valence-electron chi connectivity index (χ0n) is 13.1. The van der Waals surface area contributed by atoms with Crippen molar-refractivity contribution in [3.05, 3.63) is 36.1 Å². The summed E-state index contributed by atoms with van der Waals surface area (Å²) in [5.41, 5.74) is 7.47. The lowest BCUT2D eigenvalue weighted by molar-refractivity contribution is -0.125. The maximum atomic E-state index is 12.1. The maximum absolute atomic E-state index is 12.1. The number of nitrogens with two attached hydrogens (primary N) is 1. The Labute approximate surface area is 135 Å². The maximum Gasteiger partial charge on any atom is 0.223 e. The smallest absolute Gasteiger partial charge is 0.223 e. The van der Waals surface area contributed by atoms with Crippen LogP contribution < -0.4 is 15.8 Å². The van der Waals surface area contributed by atoms with Gasteiger partial charge in [-0.25, -0.2) is 0 Å². The van der Waals surface area contributed by atoms with E-state index in [1.807, 2.05) is 30.3 Å². The van der Waals surface area contributed by atoms with E-state index in [2.05, 4.69) is 10.5 Å². The fourth-order valence-electron chi connectivity index (χ4n) is 2.89. The van der Waals surface area contributed by atoms with Crippen molar-refractivity contribution >= 4 is 5.91 Å². The van der Waals surface area contributed by atoms with Gasteiger partial charge in [-0.15, -0.1) is 0 Å². The van der Waals surface area contributed by atoms with Crippen molar-refractivity contribution in [1.29, 1.82) is 0 Å². The zero-order valence-corrected chi connectivity index (χ0v) is 13.1. The van der Waals surface area contributed by atoms with Crippen molar-refractivity contribution in [2.75, 3.05) is 7.11 Å². The lowest BCUT2D eigenvalue weighted by Gasteiger charge is -2.08. The second kappa shape index (κ2) is 6.83. The van der Waals surface area contributed by atoms with Gasteiger partial charge >= 0.3 is 0 Å². The minimum absolute atomic E-state index is 0.0192. The van der Waals surface area contributed by atoms with E-state index in [-0.39, 0.29) is 17.9 Å². The van der Waals surface area contributed by atoms with Gasteiger partial charge in [-0.1, -0.05) is 17.3 Å².